The Morgan fingerprint density at radius 2 is 1.54 bits per heavy atom. The predicted octanol–water partition coefficient (Wildman–Crippen LogP) is 4.90. The van der Waals surface area contributed by atoms with Crippen molar-refractivity contribution in [2.45, 2.75) is 6.18 Å². The van der Waals surface area contributed by atoms with E-state index in [1.807, 2.05) is 0 Å². The van der Waals surface area contributed by atoms with E-state index in [0.717, 1.165) is 28.7 Å². The average Bonchev–Trinajstić information content (AvgIpc) is 2.60. The highest BCUT2D eigenvalue weighted by Crippen LogP contribution is 2.33. The van der Waals surface area contributed by atoms with Crippen LogP contribution in [-0.2, 0) is 10.8 Å². The zero-order valence-corrected chi connectivity index (χ0v) is 13.2. The Morgan fingerprint density at radius 1 is 0.846 bits per heavy atom. The maximum absolute atomic E-state index is 14.7. The predicted molar refractivity (Wildman–Crippen MR) is 87.9 cm³/mol. The SMILES string of the molecule is F[B-]1(F)OC(c2ccc(C(F)(F)F)cc2)=Cc2ccc3ccccc3[n+]21. The van der Waals surface area contributed by atoms with Crippen LogP contribution >= 0.6 is 0 Å². The van der Waals surface area contributed by atoms with Gasteiger partial charge in [-0.1, -0.05) is 24.3 Å². The Morgan fingerprint density at radius 3 is 2.23 bits per heavy atom. The molecule has 26 heavy (non-hydrogen) atoms. The Bertz CT molecular complexity index is 1030. The molecule has 4 rings (SSSR count). The smallest absolute Gasteiger partial charge is 0.599 e. The molecule has 3 aromatic rings. The van der Waals surface area contributed by atoms with Gasteiger partial charge < -0.3 is 17.8 Å². The first-order chi connectivity index (χ1) is 12.3. The molecule has 2 heterocycles. The summed E-state index contributed by atoms with van der Waals surface area (Å²) in [6.45, 7) is 0. The van der Waals surface area contributed by atoms with E-state index in [9.17, 15) is 21.8 Å². The lowest BCUT2D eigenvalue weighted by molar-refractivity contribution is -0.556. The van der Waals surface area contributed by atoms with Crippen LogP contribution in [0.15, 0.2) is 60.7 Å². The van der Waals surface area contributed by atoms with Gasteiger partial charge in [0.1, 0.15) is 0 Å². The van der Waals surface area contributed by atoms with Crippen molar-refractivity contribution in [3.05, 3.63) is 77.5 Å². The van der Waals surface area contributed by atoms with Crippen LogP contribution in [0.2, 0.25) is 0 Å². The van der Waals surface area contributed by atoms with Crippen LogP contribution in [0.5, 0.6) is 0 Å². The number of halogens is 5. The first kappa shape index (κ1) is 16.6. The summed E-state index contributed by atoms with van der Waals surface area (Å²) in [6, 6.07) is 13.8. The molecule has 0 unspecified atom stereocenters. The third-order valence-corrected chi connectivity index (χ3v) is 4.25. The van der Waals surface area contributed by atoms with E-state index in [4.69, 9.17) is 4.65 Å². The maximum atomic E-state index is 14.7. The van der Waals surface area contributed by atoms with E-state index in [-0.39, 0.29) is 17.0 Å². The second-order valence-electron chi connectivity index (χ2n) is 5.95. The number of rotatable bonds is 1. The van der Waals surface area contributed by atoms with Crippen molar-refractivity contribution in [1.29, 1.82) is 0 Å². The Kier molecular flexibility index (Phi) is 3.54. The van der Waals surface area contributed by atoms with Crippen molar-refractivity contribution in [3.63, 3.8) is 0 Å². The van der Waals surface area contributed by atoms with Crippen LogP contribution in [-0.4, -0.2) is 7.04 Å². The molecule has 0 aliphatic carbocycles. The van der Waals surface area contributed by atoms with E-state index in [0.29, 0.717) is 10.9 Å². The molecule has 1 aromatic heterocycles. The van der Waals surface area contributed by atoms with Crippen molar-refractivity contribution < 1.29 is 30.9 Å². The monoisotopic (exact) mass is 363 g/mol. The van der Waals surface area contributed by atoms with Crippen LogP contribution in [0.3, 0.4) is 0 Å². The summed E-state index contributed by atoms with van der Waals surface area (Å²) in [5.74, 6) is -0.168. The molecule has 0 saturated carbocycles. The third kappa shape index (κ3) is 2.71. The van der Waals surface area contributed by atoms with E-state index in [2.05, 4.69) is 0 Å². The third-order valence-electron chi connectivity index (χ3n) is 4.25. The number of fused-ring (bicyclic) bond motifs is 3. The van der Waals surface area contributed by atoms with E-state index in [1.165, 1.54) is 12.1 Å². The largest absolute Gasteiger partial charge is 0.834 e. The Hall–Kier alpha value is -2.90. The normalized spacial score (nSPS) is 16.0. The van der Waals surface area contributed by atoms with Crippen molar-refractivity contribution in [2.24, 2.45) is 0 Å². The Balaban J connectivity index is 1.83. The standard InChI is InChI=1S/C18H11BF5NO/c20-18(21,22)14-8-5-13(6-9-14)17-11-15-10-7-12-3-1-2-4-16(12)25(15)19(23,24)26-17/h1-11H. The molecule has 0 atom stereocenters. The lowest BCUT2D eigenvalue weighted by Crippen LogP contribution is -2.64. The van der Waals surface area contributed by atoms with Gasteiger partial charge in [-0.15, -0.1) is 0 Å². The van der Waals surface area contributed by atoms with Gasteiger partial charge in [0.2, 0.25) is 0 Å². The minimum atomic E-state index is -4.49. The van der Waals surface area contributed by atoms with Gasteiger partial charge in [-0.05, 0) is 24.3 Å². The molecule has 0 amide bonds. The molecule has 0 N–H and O–H groups in total. The molecule has 0 radical (unpaired) electrons. The van der Waals surface area contributed by atoms with Crippen LogP contribution in [0.4, 0.5) is 21.8 Å². The quantitative estimate of drug-likeness (QED) is 0.443. The second kappa shape index (κ2) is 5.55. The number of aromatic nitrogens is 1. The number of benzene rings is 2. The van der Waals surface area contributed by atoms with Crippen molar-refractivity contribution >= 4 is 29.8 Å². The molecule has 1 aliphatic heterocycles. The number of nitrogens with zero attached hydrogens (tertiary/aromatic N) is 1. The van der Waals surface area contributed by atoms with Gasteiger partial charge in [-0.25, -0.2) is 0 Å². The zero-order valence-electron chi connectivity index (χ0n) is 13.2. The first-order valence-corrected chi connectivity index (χ1v) is 7.79. The molecule has 0 spiro atoms. The summed E-state index contributed by atoms with van der Waals surface area (Å²) in [5, 5.41) is 0.632. The van der Waals surface area contributed by atoms with Crippen LogP contribution in [0.1, 0.15) is 16.8 Å². The molecular weight excluding hydrogens is 352 g/mol. The van der Waals surface area contributed by atoms with E-state index in [1.54, 1.807) is 30.3 Å². The molecular formula is C18H11BF5NO. The number of hydrogen-bond donors (Lipinski definition) is 0. The highest BCUT2D eigenvalue weighted by Gasteiger charge is 2.50. The minimum Gasteiger partial charge on any atom is -0.599 e. The second-order valence-corrected chi connectivity index (χ2v) is 5.95. The molecule has 1 aliphatic rings. The summed E-state index contributed by atoms with van der Waals surface area (Å²) >= 11 is 0. The highest BCUT2D eigenvalue weighted by molar-refractivity contribution is 6.51. The fourth-order valence-corrected chi connectivity index (χ4v) is 3.04. The molecule has 0 bridgehead atoms. The van der Waals surface area contributed by atoms with Gasteiger partial charge >= 0.3 is 13.2 Å². The van der Waals surface area contributed by atoms with Gasteiger partial charge in [0, 0.05) is 29.2 Å². The van der Waals surface area contributed by atoms with Gasteiger partial charge in [-0.2, -0.15) is 13.2 Å². The molecule has 0 fully saturated rings. The number of hydrogen-bond acceptors (Lipinski definition) is 1. The molecule has 2 aromatic carbocycles. The average molecular weight is 363 g/mol. The van der Waals surface area contributed by atoms with Gasteiger partial charge in [0.05, 0.1) is 11.3 Å². The zero-order chi connectivity index (χ0) is 18.5. The summed E-state index contributed by atoms with van der Waals surface area (Å²) in [6.07, 6.45) is -3.09. The minimum absolute atomic E-state index is 0.152. The lowest BCUT2D eigenvalue weighted by atomic mass is 9.96. The van der Waals surface area contributed by atoms with Crippen molar-refractivity contribution in [2.75, 3.05) is 0 Å². The van der Waals surface area contributed by atoms with Gasteiger partial charge in [-0.3, -0.25) is 0 Å². The van der Waals surface area contributed by atoms with Gasteiger partial charge in [0.15, 0.2) is 11.2 Å². The van der Waals surface area contributed by atoms with Gasteiger partial charge in [0.25, 0.3) is 0 Å². The first-order valence-electron chi connectivity index (χ1n) is 7.79. The van der Waals surface area contributed by atoms with E-state index >= 15 is 0 Å². The summed E-state index contributed by atoms with van der Waals surface area (Å²) in [4.78, 5) is 0. The van der Waals surface area contributed by atoms with Crippen molar-refractivity contribution in [3.8, 4) is 0 Å². The van der Waals surface area contributed by atoms with Crippen LogP contribution in [0.25, 0.3) is 22.7 Å². The topological polar surface area (TPSA) is 13.1 Å². The summed E-state index contributed by atoms with van der Waals surface area (Å²) in [5.41, 5.74) is -0.165. The molecule has 8 heteroatoms. The summed E-state index contributed by atoms with van der Waals surface area (Å²) in [7, 11) is -4.43. The number of alkyl halides is 3. The molecule has 0 saturated heterocycles. The Labute approximate surface area is 145 Å². The number of para-hydroxylation sites is 1. The lowest BCUT2D eigenvalue weighted by Gasteiger charge is -2.29. The summed E-state index contributed by atoms with van der Waals surface area (Å²) < 4.78 is 73.1. The maximum Gasteiger partial charge on any atom is 0.834 e. The van der Waals surface area contributed by atoms with Crippen LogP contribution in [0, 0.1) is 0 Å². The van der Waals surface area contributed by atoms with E-state index < -0.39 is 18.8 Å². The molecule has 2 nitrogen and oxygen atoms in total. The fraction of sp³-hybridized carbons (Fsp3) is 0.0556. The number of pyridine rings is 1. The fourth-order valence-electron chi connectivity index (χ4n) is 3.04. The molecule has 132 valence electrons. The highest BCUT2D eigenvalue weighted by atomic mass is 19.4. The van der Waals surface area contributed by atoms with Crippen LogP contribution < -0.4 is 4.48 Å². The van der Waals surface area contributed by atoms with Crippen molar-refractivity contribution in [1.82, 2.24) is 0 Å².